The van der Waals surface area contributed by atoms with Crippen LogP contribution < -0.4 is 0 Å². The van der Waals surface area contributed by atoms with E-state index in [1.807, 2.05) is 38.1 Å². The molecule has 0 aliphatic heterocycles. The molecule has 2 rings (SSSR count). The highest BCUT2D eigenvalue weighted by Gasteiger charge is 2.43. The molecule has 0 spiro atoms. The highest BCUT2D eigenvalue weighted by molar-refractivity contribution is 6.30. The average molecular weight is 338 g/mol. The minimum absolute atomic E-state index is 0.372. The molecule has 1 aromatic heterocycles. The minimum Gasteiger partial charge on any atom is -0.387 e. The third-order valence-corrected chi connectivity index (χ3v) is 4.65. The Kier molecular flexibility index (Phi) is 5.79. The van der Waals surface area contributed by atoms with Crippen LogP contribution in [0.25, 0.3) is 0 Å². The average Bonchev–Trinajstić information content (AvgIpc) is 2.99. The summed E-state index contributed by atoms with van der Waals surface area (Å²) in [6.07, 6.45) is 4.43. The highest BCUT2D eigenvalue weighted by Crippen LogP contribution is 2.36. The van der Waals surface area contributed by atoms with Crippen molar-refractivity contribution in [2.75, 3.05) is 13.7 Å². The molecule has 1 N–H and O–H groups in total. The van der Waals surface area contributed by atoms with Crippen LogP contribution in [0.3, 0.4) is 0 Å². The first-order valence-corrected chi connectivity index (χ1v) is 8.02. The number of aryl methyl sites for hydroxylation is 1. The molecule has 1 aromatic carbocycles. The molecule has 126 valence electrons. The molecule has 1 unspecified atom stereocenters. The van der Waals surface area contributed by atoms with E-state index >= 15 is 0 Å². The lowest BCUT2D eigenvalue weighted by Crippen LogP contribution is -2.51. The van der Waals surface area contributed by atoms with Crippen molar-refractivity contribution < 1.29 is 9.84 Å². The number of aromatic nitrogens is 3. The Labute approximate surface area is 142 Å². The van der Waals surface area contributed by atoms with Crippen LogP contribution in [0, 0.1) is 5.41 Å². The Hall–Kier alpha value is -1.43. The lowest BCUT2D eigenvalue weighted by Gasteiger charge is -2.42. The van der Waals surface area contributed by atoms with Gasteiger partial charge in [-0.3, -0.25) is 4.68 Å². The standard InChI is InChI=1S/C17H24ClN3O2/c1-16(2,11-23-3)17(22,10-21-13-19-12-20-21)9-8-14-4-6-15(18)7-5-14/h4-7,12-13,22H,8-11H2,1-3H3. The molecule has 1 heterocycles. The van der Waals surface area contributed by atoms with Crippen molar-refractivity contribution in [3.63, 3.8) is 0 Å². The second-order valence-electron chi connectivity index (χ2n) is 6.57. The van der Waals surface area contributed by atoms with E-state index in [1.165, 1.54) is 6.33 Å². The smallest absolute Gasteiger partial charge is 0.137 e. The molecule has 5 nitrogen and oxygen atoms in total. The summed E-state index contributed by atoms with van der Waals surface area (Å²) in [5.41, 5.74) is -0.268. The predicted molar refractivity (Wildman–Crippen MR) is 90.4 cm³/mol. The molecule has 0 aliphatic rings. The van der Waals surface area contributed by atoms with Gasteiger partial charge in [0, 0.05) is 17.5 Å². The van der Waals surface area contributed by atoms with Gasteiger partial charge >= 0.3 is 0 Å². The Balaban J connectivity index is 2.16. The Bertz CT molecular complexity index is 599. The fraction of sp³-hybridized carbons (Fsp3) is 0.529. The minimum atomic E-state index is -0.976. The van der Waals surface area contributed by atoms with Gasteiger partial charge in [0.25, 0.3) is 0 Å². The quantitative estimate of drug-likeness (QED) is 0.804. The molecule has 1 atom stereocenters. The van der Waals surface area contributed by atoms with E-state index in [-0.39, 0.29) is 0 Å². The fourth-order valence-corrected chi connectivity index (χ4v) is 2.84. The Morgan fingerprint density at radius 1 is 1.26 bits per heavy atom. The summed E-state index contributed by atoms with van der Waals surface area (Å²) in [7, 11) is 1.65. The predicted octanol–water partition coefficient (Wildman–Crippen LogP) is 2.97. The zero-order chi connectivity index (χ0) is 16.9. The van der Waals surface area contributed by atoms with Crippen molar-refractivity contribution in [1.29, 1.82) is 0 Å². The zero-order valence-corrected chi connectivity index (χ0v) is 14.6. The van der Waals surface area contributed by atoms with Gasteiger partial charge in [0.05, 0.1) is 18.8 Å². The van der Waals surface area contributed by atoms with Crippen LogP contribution in [0.2, 0.25) is 5.02 Å². The van der Waals surface area contributed by atoms with Gasteiger partial charge < -0.3 is 9.84 Å². The molecular formula is C17H24ClN3O2. The maximum Gasteiger partial charge on any atom is 0.137 e. The third-order valence-electron chi connectivity index (χ3n) is 4.40. The summed E-state index contributed by atoms with van der Waals surface area (Å²) in [6.45, 7) is 4.85. The van der Waals surface area contributed by atoms with Gasteiger partial charge in [-0.05, 0) is 30.5 Å². The number of nitrogens with zero attached hydrogens (tertiary/aromatic N) is 3. The van der Waals surface area contributed by atoms with Crippen molar-refractivity contribution in [3.05, 3.63) is 47.5 Å². The van der Waals surface area contributed by atoms with Crippen LogP contribution in [0.1, 0.15) is 25.8 Å². The molecule has 0 saturated carbocycles. The van der Waals surface area contributed by atoms with Gasteiger partial charge in [0.2, 0.25) is 0 Å². The summed E-state index contributed by atoms with van der Waals surface area (Å²) < 4.78 is 6.98. The number of benzene rings is 1. The van der Waals surface area contributed by atoms with E-state index < -0.39 is 11.0 Å². The van der Waals surface area contributed by atoms with E-state index in [4.69, 9.17) is 16.3 Å². The molecule has 0 amide bonds. The molecule has 2 aromatic rings. The number of aliphatic hydroxyl groups is 1. The lowest BCUT2D eigenvalue weighted by molar-refractivity contribution is -0.115. The molecular weight excluding hydrogens is 314 g/mol. The maximum atomic E-state index is 11.4. The van der Waals surface area contributed by atoms with Gasteiger partial charge in [-0.15, -0.1) is 0 Å². The first-order valence-electron chi connectivity index (χ1n) is 7.64. The van der Waals surface area contributed by atoms with Gasteiger partial charge in [0.15, 0.2) is 0 Å². The van der Waals surface area contributed by atoms with Crippen molar-refractivity contribution in [2.24, 2.45) is 5.41 Å². The van der Waals surface area contributed by atoms with Gasteiger partial charge in [0.1, 0.15) is 12.7 Å². The number of rotatable bonds is 8. The van der Waals surface area contributed by atoms with E-state index in [0.29, 0.717) is 24.6 Å². The molecule has 0 radical (unpaired) electrons. The number of halogens is 1. The van der Waals surface area contributed by atoms with Crippen molar-refractivity contribution >= 4 is 11.6 Å². The van der Waals surface area contributed by atoms with Gasteiger partial charge in [-0.1, -0.05) is 37.6 Å². The molecule has 6 heteroatoms. The third kappa shape index (κ3) is 4.53. The van der Waals surface area contributed by atoms with Crippen LogP contribution in [-0.4, -0.2) is 39.2 Å². The van der Waals surface area contributed by atoms with E-state index in [1.54, 1.807) is 18.1 Å². The monoisotopic (exact) mass is 337 g/mol. The lowest BCUT2D eigenvalue weighted by atomic mass is 9.72. The summed E-state index contributed by atoms with van der Waals surface area (Å²) in [6, 6.07) is 7.71. The first kappa shape index (κ1) is 17.9. The molecule has 0 bridgehead atoms. The number of ether oxygens (including phenoxy) is 1. The summed E-state index contributed by atoms with van der Waals surface area (Å²) in [5.74, 6) is 0. The number of methoxy groups -OCH3 is 1. The Morgan fingerprint density at radius 2 is 1.96 bits per heavy atom. The molecule has 0 aliphatic carbocycles. The van der Waals surface area contributed by atoms with Crippen LogP contribution in [-0.2, 0) is 17.7 Å². The van der Waals surface area contributed by atoms with E-state index in [9.17, 15) is 5.11 Å². The summed E-state index contributed by atoms with van der Waals surface area (Å²) >= 11 is 5.93. The van der Waals surface area contributed by atoms with Gasteiger partial charge in [-0.2, -0.15) is 5.10 Å². The van der Waals surface area contributed by atoms with Crippen molar-refractivity contribution in [3.8, 4) is 0 Å². The second kappa shape index (κ2) is 7.43. The second-order valence-corrected chi connectivity index (χ2v) is 7.00. The first-order chi connectivity index (χ1) is 10.9. The van der Waals surface area contributed by atoms with Crippen molar-refractivity contribution in [1.82, 2.24) is 14.8 Å². The molecule has 0 fully saturated rings. The molecule has 23 heavy (non-hydrogen) atoms. The van der Waals surface area contributed by atoms with Crippen molar-refractivity contribution in [2.45, 2.75) is 38.8 Å². The number of hydrogen-bond acceptors (Lipinski definition) is 4. The van der Waals surface area contributed by atoms with Gasteiger partial charge in [-0.25, -0.2) is 4.98 Å². The normalized spacial score (nSPS) is 14.7. The largest absolute Gasteiger partial charge is 0.387 e. The Morgan fingerprint density at radius 3 is 2.52 bits per heavy atom. The van der Waals surface area contributed by atoms with Crippen LogP contribution >= 0.6 is 11.6 Å². The van der Waals surface area contributed by atoms with Crippen LogP contribution in [0.15, 0.2) is 36.9 Å². The number of hydrogen-bond donors (Lipinski definition) is 1. The zero-order valence-electron chi connectivity index (χ0n) is 13.9. The summed E-state index contributed by atoms with van der Waals surface area (Å²) in [5, 5.41) is 16.2. The maximum absolute atomic E-state index is 11.4. The van der Waals surface area contributed by atoms with Crippen LogP contribution in [0.5, 0.6) is 0 Å². The van der Waals surface area contributed by atoms with E-state index in [0.717, 1.165) is 12.0 Å². The van der Waals surface area contributed by atoms with E-state index in [2.05, 4.69) is 10.1 Å². The topological polar surface area (TPSA) is 60.2 Å². The SMILES string of the molecule is COCC(C)(C)C(O)(CCc1ccc(Cl)cc1)Cn1cncn1. The fourth-order valence-electron chi connectivity index (χ4n) is 2.71. The van der Waals surface area contributed by atoms with Crippen LogP contribution in [0.4, 0.5) is 0 Å². The molecule has 0 saturated heterocycles. The highest BCUT2D eigenvalue weighted by atomic mass is 35.5. The summed E-state index contributed by atoms with van der Waals surface area (Å²) in [4.78, 5) is 3.96.